The van der Waals surface area contributed by atoms with E-state index in [1.807, 2.05) is 18.2 Å². The number of benzene rings is 1. The van der Waals surface area contributed by atoms with E-state index >= 15 is 0 Å². The Labute approximate surface area is 101 Å². The first kappa shape index (κ1) is 14.4. The molecule has 1 aromatic carbocycles. The van der Waals surface area contributed by atoms with Gasteiger partial charge in [-0.2, -0.15) is 0 Å². The molecular formula is C12H14ClNO2. The molecule has 0 aliphatic heterocycles. The summed E-state index contributed by atoms with van der Waals surface area (Å²) in [5.41, 5.74) is -0.262. The lowest BCUT2D eigenvalue weighted by molar-refractivity contribution is -0.146. The Morgan fingerprint density at radius 1 is 1.44 bits per heavy atom. The second-order valence-electron chi connectivity index (χ2n) is 3.24. The van der Waals surface area contributed by atoms with Crippen LogP contribution >= 0.6 is 12.4 Å². The fourth-order valence-electron chi connectivity index (χ4n) is 1.19. The third-order valence-corrected chi connectivity index (χ3v) is 2.10. The summed E-state index contributed by atoms with van der Waals surface area (Å²) in [7, 11) is 0. The molecule has 0 saturated heterocycles. The Morgan fingerprint density at radius 2 is 2.00 bits per heavy atom. The number of hydrogen-bond donors (Lipinski definition) is 1. The molecule has 0 aliphatic carbocycles. The van der Waals surface area contributed by atoms with Gasteiger partial charge in [0.25, 0.3) is 0 Å². The highest BCUT2D eigenvalue weighted by Gasteiger charge is 2.27. The number of halogens is 1. The van der Waals surface area contributed by atoms with Gasteiger partial charge >= 0.3 is 5.97 Å². The Hall–Kier alpha value is -1.61. The summed E-state index contributed by atoms with van der Waals surface area (Å²) < 4.78 is 5.12. The summed E-state index contributed by atoms with van der Waals surface area (Å²) in [5.74, 6) is -0.537. The van der Waals surface area contributed by atoms with Crippen LogP contribution in [0.3, 0.4) is 0 Å². The Morgan fingerprint density at radius 3 is 2.44 bits per heavy atom. The molecule has 4 heteroatoms. The van der Waals surface area contributed by atoms with Gasteiger partial charge in [0.05, 0.1) is 0 Å². The third kappa shape index (κ3) is 3.21. The fraction of sp³-hybridized carbons (Fsp3) is 0.167. The summed E-state index contributed by atoms with van der Waals surface area (Å²) >= 11 is 0. The van der Waals surface area contributed by atoms with Crippen molar-refractivity contribution >= 4 is 24.6 Å². The van der Waals surface area contributed by atoms with Crippen molar-refractivity contribution in [2.75, 3.05) is 0 Å². The average molecular weight is 240 g/mol. The lowest BCUT2D eigenvalue weighted by atomic mass is 9.97. The molecule has 0 bridgehead atoms. The molecule has 0 spiro atoms. The minimum atomic E-state index is -1.02. The van der Waals surface area contributed by atoms with Gasteiger partial charge in [-0.15, -0.1) is 12.4 Å². The maximum absolute atomic E-state index is 11.1. The van der Waals surface area contributed by atoms with Crippen LogP contribution in [-0.4, -0.2) is 12.2 Å². The molecule has 16 heavy (non-hydrogen) atoms. The minimum Gasteiger partial charge on any atom is -0.445 e. The highest BCUT2D eigenvalue weighted by Crippen LogP contribution is 2.22. The van der Waals surface area contributed by atoms with Crippen LogP contribution < -0.4 is 0 Å². The lowest BCUT2D eigenvalue weighted by Gasteiger charge is -2.24. The first-order valence-electron chi connectivity index (χ1n) is 4.55. The SMILES string of the molecule is C=CC(=O)OC(C)(C=N)c1ccccc1.Cl. The van der Waals surface area contributed by atoms with E-state index < -0.39 is 11.6 Å². The zero-order chi connectivity index (χ0) is 11.3. The molecule has 1 aromatic rings. The Balaban J connectivity index is 0.00000225. The van der Waals surface area contributed by atoms with Gasteiger partial charge in [0.2, 0.25) is 0 Å². The second kappa shape index (κ2) is 6.08. The predicted octanol–water partition coefficient (Wildman–Crippen LogP) is 2.70. The van der Waals surface area contributed by atoms with Crippen LogP contribution in [0, 0.1) is 5.41 Å². The molecule has 1 atom stereocenters. The summed E-state index contributed by atoms with van der Waals surface area (Å²) in [4.78, 5) is 11.1. The maximum Gasteiger partial charge on any atom is 0.331 e. The van der Waals surface area contributed by atoms with E-state index in [-0.39, 0.29) is 12.4 Å². The molecule has 0 aromatic heterocycles. The van der Waals surface area contributed by atoms with Crippen LogP contribution in [0.2, 0.25) is 0 Å². The van der Waals surface area contributed by atoms with Crippen molar-refractivity contribution in [1.29, 1.82) is 5.41 Å². The number of nitrogens with one attached hydrogen (secondary N) is 1. The molecule has 0 amide bonds. The quantitative estimate of drug-likeness (QED) is 0.499. The van der Waals surface area contributed by atoms with Crippen molar-refractivity contribution in [1.82, 2.24) is 0 Å². The summed E-state index contributed by atoms with van der Waals surface area (Å²) in [5, 5.41) is 7.33. The highest BCUT2D eigenvalue weighted by atomic mass is 35.5. The topological polar surface area (TPSA) is 50.2 Å². The maximum atomic E-state index is 11.1. The fourth-order valence-corrected chi connectivity index (χ4v) is 1.19. The van der Waals surface area contributed by atoms with E-state index in [1.54, 1.807) is 19.1 Å². The van der Waals surface area contributed by atoms with Crippen LogP contribution in [0.25, 0.3) is 0 Å². The van der Waals surface area contributed by atoms with E-state index in [1.165, 1.54) is 0 Å². The van der Waals surface area contributed by atoms with Gasteiger partial charge in [-0.3, -0.25) is 0 Å². The standard InChI is InChI=1S/C12H13NO2.ClH/c1-3-11(14)15-12(2,9-13)10-7-5-4-6-8-10;/h3-9,13H,1H2,2H3;1H. The smallest absolute Gasteiger partial charge is 0.331 e. The number of rotatable bonds is 4. The molecule has 86 valence electrons. The molecule has 1 unspecified atom stereocenters. The first-order valence-corrected chi connectivity index (χ1v) is 4.55. The van der Waals surface area contributed by atoms with Crippen LogP contribution in [0.15, 0.2) is 43.0 Å². The number of ether oxygens (including phenoxy) is 1. The molecule has 0 saturated carbocycles. The zero-order valence-electron chi connectivity index (χ0n) is 8.97. The van der Waals surface area contributed by atoms with Gasteiger partial charge in [-0.25, -0.2) is 4.79 Å². The number of esters is 1. The van der Waals surface area contributed by atoms with Crippen LogP contribution in [-0.2, 0) is 15.1 Å². The van der Waals surface area contributed by atoms with E-state index in [0.717, 1.165) is 17.9 Å². The average Bonchev–Trinajstić information content (AvgIpc) is 2.30. The van der Waals surface area contributed by atoms with Gasteiger partial charge in [-0.05, 0) is 6.92 Å². The molecule has 0 heterocycles. The van der Waals surface area contributed by atoms with Crippen molar-refractivity contribution < 1.29 is 9.53 Å². The van der Waals surface area contributed by atoms with Crippen LogP contribution in [0.4, 0.5) is 0 Å². The van der Waals surface area contributed by atoms with Crippen LogP contribution in [0.5, 0.6) is 0 Å². The summed E-state index contributed by atoms with van der Waals surface area (Å²) in [6, 6.07) is 9.14. The van der Waals surface area contributed by atoms with Crippen molar-refractivity contribution in [2.24, 2.45) is 0 Å². The van der Waals surface area contributed by atoms with E-state index in [0.29, 0.717) is 0 Å². The molecule has 0 aliphatic rings. The Bertz CT molecular complexity index is 378. The van der Waals surface area contributed by atoms with Crippen molar-refractivity contribution in [3.05, 3.63) is 48.6 Å². The monoisotopic (exact) mass is 239 g/mol. The van der Waals surface area contributed by atoms with Gasteiger partial charge in [0.15, 0.2) is 5.60 Å². The second-order valence-corrected chi connectivity index (χ2v) is 3.24. The van der Waals surface area contributed by atoms with Gasteiger partial charge < -0.3 is 10.1 Å². The number of carbonyl (C=O) groups is 1. The summed E-state index contributed by atoms with van der Waals surface area (Å²) in [6.45, 7) is 4.99. The Kier molecular flexibility index (Phi) is 5.47. The van der Waals surface area contributed by atoms with E-state index in [4.69, 9.17) is 10.1 Å². The van der Waals surface area contributed by atoms with Gasteiger partial charge in [-0.1, -0.05) is 36.9 Å². The summed E-state index contributed by atoms with van der Waals surface area (Å²) in [6.07, 6.45) is 2.19. The minimum absolute atomic E-state index is 0. The molecule has 1 rings (SSSR count). The van der Waals surface area contributed by atoms with Gasteiger partial charge in [0.1, 0.15) is 0 Å². The first-order chi connectivity index (χ1) is 7.12. The zero-order valence-corrected chi connectivity index (χ0v) is 9.79. The molecule has 3 nitrogen and oxygen atoms in total. The molecule has 1 N–H and O–H groups in total. The normalized spacial score (nSPS) is 12.8. The lowest BCUT2D eigenvalue weighted by Crippen LogP contribution is -2.29. The number of hydrogen-bond acceptors (Lipinski definition) is 3. The molecule has 0 fully saturated rings. The largest absolute Gasteiger partial charge is 0.445 e. The van der Waals surface area contributed by atoms with E-state index in [9.17, 15) is 4.79 Å². The van der Waals surface area contributed by atoms with Crippen LogP contribution in [0.1, 0.15) is 12.5 Å². The van der Waals surface area contributed by atoms with Gasteiger partial charge in [0, 0.05) is 17.9 Å². The molecule has 0 radical (unpaired) electrons. The predicted molar refractivity (Wildman–Crippen MR) is 66.1 cm³/mol. The van der Waals surface area contributed by atoms with Crippen molar-refractivity contribution in [2.45, 2.75) is 12.5 Å². The molecular weight excluding hydrogens is 226 g/mol. The number of carbonyl (C=O) groups excluding carboxylic acids is 1. The third-order valence-electron chi connectivity index (χ3n) is 2.10. The van der Waals surface area contributed by atoms with E-state index in [2.05, 4.69) is 6.58 Å². The van der Waals surface area contributed by atoms with Crippen molar-refractivity contribution in [3.63, 3.8) is 0 Å². The highest BCUT2D eigenvalue weighted by molar-refractivity contribution is 5.85. The van der Waals surface area contributed by atoms with Crippen molar-refractivity contribution in [3.8, 4) is 0 Å².